The fourth-order valence-corrected chi connectivity index (χ4v) is 3.82. The van der Waals surface area contributed by atoms with E-state index in [1.54, 1.807) is 0 Å². The molecule has 10 atom stereocenters. The molecule has 14 heteroatoms. The minimum absolute atomic E-state index is 0.285. The highest BCUT2D eigenvalue weighted by molar-refractivity contribution is 5.95. The van der Waals surface area contributed by atoms with Crippen LogP contribution in [0.2, 0.25) is 0 Å². The Morgan fingerprint density at radius 2 is 1.43 bits per heavy atom. The summed E-state index contributed by atoms with van der Waals surface area (Å²) in [6, 6.07) is 5.81. The lowest BCUT2D eigenvalue weighted by Crippen LogP contribution is -2.66. The number of hydrogen-bond acceptors (Lipinski definition) is 12. The van der Waals surface area contributed by atoms with E-state index in [1.165, 1.54) is 31.4 Å². The molecule has 2 fully saturated rings. The van der Waals surface area contributed by atoms with Gasteiger partial charge in [-0.2, -0.15) is 0 Å². The zero-order valence-corrected chi connectivity index (χ0v) is 18.7. The van der Waals surface area contributed by atoms with Crippen molar-refractivity contribution in [3.8, 4) is 0 Å². The molecule has 0 aromatic heterocycles. The number of benzene rings is 1. The van der Waals surface area contributed by atoms with E-state index < -0.39 is 73.3 Å². The van der Waals surface area contributed by atoms with Gasteiger partial charge in [-0.1, -0.05) is 0 Å². The normalized spacial score (nSPS) is 37.4. The van der Waals surface area contributed by atoms with E-state index in [9.17, 15) is 39.9 Å². The Bertz CT molecular complexity index is 896. The van der Waals surface area contributed by atoms with Crippen LogP contribution in [0.25, 0.3) is 0 Å². The molecule has 2 aliphatic heterocycles. The minimum atomic E-state index is -1.86. The highest BCUT2D eigenvalue weighted by Crippen LogP contribution is 2.30. The first kappa shape index (κ1) is 27.1. The molecular formula is C21H27NO13. The molecule has 1 aromatic carbocycles. The third-order valence-corrected chi connectivity index (χ3v) is 5.70. The summed E-state index contributed by atoms with van der Waals surface area (Å²) in [5.41, 5.74) is 0.658. The smallest absolute Gasteiger partial charge is 0.335 e. The van der Waals surface area contributed by atoms with Crippen molar-refractivity contribution in [2.24, 2.45) is 0 Å². The SMILES string of the molecule is COC1OC(C(=O)O)C(OC2OC(C(=O)Nc3ccc(C=O)cc3)C(OC)C(O)C2O)C(O)C1O. The molecule has 3 rings (SSSR count). The van der Waals surface area contributed by atoms with E-state index in [2.05, 4.69) is 5.32 Å². The second kappa shape index (κ2) is 11.5. The van der Waals surface area contributed by atoms with Crippen LogP contribution in [0, 0.1) is 0 Å². The predicted octanol–water partition coefficient (Wildman–Crippen LogP) is -2.54. The number of rotatable bonds is 8. The van der Waals surface area contributed by atoms with Crippen LogP contribution in [-0.2, 0) is 33.3 Å². The average Bonchev–Trinajstić information content (AvgIpc) is 2.84. The molecule has 6 N–H and O–H groups in total. The number of methoxy groups -OCH3 is 2. The summed E-state index contributed by atoms with van der Waals surface area (Å²) in [7, 11) is 2.30. The van der Waals surface area contributed by atoms with Crippen molar-refractivity contribution in [1.82, 2.24) is 0 Å². The van der Waals surface area contributed by atoms with Crippen molar-refractivity contribution in [2.75, 3.05) is 19.5 Å². The number of anilines is 1. The number of carbonyl (C=O) groups excluding carboxylic acids is 2. The number of amides is 1. The highest BCUT2D eigenvalue weighted by Gasteiger charge is 2.54. The molecule has 194 valence electrons. The van der Waals surface area contributed by atoms with Crippen LogP contribution in [0.3, 0.4) is 0 Å². The van der Waals surface area contributed by atoms with Gasteiger partial charge in [0.15, 0.2) is 24.8 Å². The summed E-state index contributed by atoms with van der Waals surface area (Å²) in [6.07, 6.45) is -16.4. The molecule has 2 heterocycles. The second-order valence-electron chi connectivity index (χ2n) is 7.92. The molecular weight excluding hydrogens is 474 g/mol. The molecule has 0 bridgehead atoms. The fraction of sp³-hybridized carbons (Fsp3) is 0.571. The van der Waals surface area contributed by atoms with Gasteiger partial charge in [-0.3, -0.25) is 9.59 Å². The Kier molecular flexibility index (Phi) is 8.87. The van der Waals surface area contributed by atoms with Crippen molar-refractivity contribution in [2.45, 2.75) is 61.4 Å². The van der Waals surface area contributed by atoms with E-state index in [0.29, 0.717) is 11.8 Å². The van der Waals surface area contributed by atoms with E-state index in [0.717, 1.165) is 7.11 Å². The summed E-state index contributed by atoms with van der Waals surface area (Å²) in [4.78, 5) is 35.4. The van der Waals surface area contributed by atoms with E-state index in [-0.39, 0.29) is 5.69 Å². The van der Waals surface area contributed by atoms with Gasteiger partial charge in [0.05, 0.1) is 0 Å². The van der Waals surface area contributed by atoms with Gasteiger partial charge >= 0.3 is 5.97 Å². The highest BCUT2D eigenvalue weighted by atomic mass is 16.7. The molecule has 0 aliphatic carbocycles. The molecule has 1 aromatic rings. The number of aliphatic hydroxyl groups is 4. The number of aliphatic carboxylic acids is 1. The van der Waals surface area contributed by atoms with Gasteiger partial charge in [-0.25, -0.2) is 4.79 Å². The number of aldehydes is 1. The van der Waals surface area contributed by atoms with Crippen molar-refractivity contribution in [1.29, 1.82) is 0 Å². The van der Waals surface area contributed by atoms with E-state index in [1.807, 2.05) is 0 Å². The minimum Gasteiger partial charge on any atom is -0.479 e. The molecule has 35 heavy (non-hydrogen) atoms. The molecule has 14 nitrogen and oxygen atoms in total. The Morgan fingerprint density at radius 1 is 0.857 bits per heavy atom. The Balaban J connectivity index is 1.80. The summed E-state index contributed by atoms with van der Waals surface area (Å²) >= 11 is 0. The fourth-order valence-electron chi connectivity index (χ4n) is 3.82. The molecule has 0 saturated carbocycles. The number of carboxylic acid groups (broad SMARTS) is 1. The standard InChI is InChI=1S/C21H27NO13/c1-31-14-10(24)13(27)21(33-15-11(25)12(26)20(32-2)35-17(15)19(29)30)34-16(14)18(28)22-9-5-3-8(7-23)4-6-9/h3-7,10-17,20-21,24-27H,1-2H3,(H,22,28)(H,29,30). The summed E-state index contributed by atoms with van der Waals surface area (Å²) in [5, 5.41) is 53.6. The first-order chi connectivity index (χ1) is 16.6. The molecule has 2 aliphatic rings. The molecule has 0 spiro atoms. The Labute approximate surface area is 198 Å². The van der Waals surface area contributed by atoms with Gasteiger partial charge in [0, 0.05) is 25.5 Å². The van der Waals surface area contributed by atoms with E-state index >= 15 is 0 Å². The van der Waals surface area contributed by atoms with Gasteiger partial charge in [-0.05, 0) is 24.3 Å². The van der Waals surface area contributed by atoms with E-state index in [4.69, 9.17) is 23.7 Å². The number of nitrogens with one attached hydrogen (secondary N) is 1. The monoisotopic (exact) mass is 501 g/mol. The quantitative estimate of drug-likeness (QED) is 0.203. The number of hydrogen-bond donors (Lipinski definition) is 6. The van der Waals surface area contributed by atoms with Crippen molar-refractivity contribution >= 4 is 23.9 Å². The summed E-state index contributed by atoms with van der Waals surface area (Å²) in [6.45, 7) is 0. The maximum atomic E-state index is 12.9. The zero-order valence-electron chi connectivity index (χ0n) is 18.7. The lowest BCUT2D eigenvalue weighted by Gasteiger charge is -2.45. The zero-order chi connectivity index (χ0) is 25.9. The maximum Gasteiger partial charge on any atom is 0.335 e. The van der Waals surface area contributed by atoms with Gasteiger partial charge in [0.1, 0.15) is 42.9 Å². The van der Waals surface area contributed by atoms with Gasteiger partial charge in [0.2, 0.25) is 0 Å². The Hall–Kier alpha value is -2.53. The summed E-state index contributed by atoms with van der Waals surface area (Å²) in [5.74, 6) is -2.39. The van der Waals surface area contributed by atoms with Crippen LogP contribution >= 0.6 is 0 Å². The Morgan fingerprint density at radius 3 is 1.97 bits per heavy atom. The first-order valence-electron chi connectivity index (χ1n) is 10.5. The van der Waals surface area contributed by atoms with Crippen LogP contribution < -0.4 is 5.32 Å². The lowest BCUT2D eigenvalue weighted by molar-refractivity contribution is -0.348. The third-order valence-electron chi connectivity index (χ3n) is 5.70. The van der Waals surface area contributed by atoms with Crippen LogP contribution in [0.15, 0.2) is 24.3 Å². The number of aliphatic hydroxyl groups excluding tert-OH is 4. The van der Waals surface area contributed by atoms with Gasteiger partial charge < -0.3 is 54.5 Å². The molecule has 2 saturated heterocycles. The number of carboxylic acids is 1. The molecule has 1 amide bonds. The van der Waals surface area contributed by atoms with Crippen LogP contribution in [0.1, 0.15) is 10.4 Å². The van der Waals surface area contributed by atoms with Crippen molar-refractivity contribution in [3.05, 3.63) is 29.8 Å². The first-order valence-corrected chi connectivity index (χ1v) is 10.5. The summed E-state index contributed by atoms with van der Waals surface area (Å²) < 4.78 is 26.0. The lowest BCUT2D eigenvalue weighted by atomic mass is 9.96. The second-order valence-corrected chi connectivity index (χ2v) is 7.92. The number of carbonyl (C=O) groups is 3. The van der Waals surface area contributed by atoms with Gasteiger partial charge in [-0.15, -0.1) is 0 Å². The van der Waals surface area contributed by atoms with Crippen LogP contribution in [-0.4, -0.2) is 119 Å². The molecule has 0 radical (unpaired) electrons. The third kappa shape index (κ3) is 5.66. The van der Waals surface area contributed by atoms with Gasteiger partial charge in [0.25, 0.3) is 5.91 Å². The van der Waals surface area contributed by atoms with Crippen molar-refractivity contribution < 1.29 is 63.6 Å². The molecule has 10 unspecified atom stereocenters. The van der Waals surface area contributed by atoms with Crippen LogP contribution in [0.4, 0.5) is 5.69 Å². The van der Waals surface area contributed by atoms with Crippen LogP contribution in [0.5, 0.6) is 0 Å². The maximum absolute atomic E-state index is 12.9. The number of ether oxygens (including phenoxy) is 5. The van der Waals surface area contributed by atoms with Crippen molar-refractivity contribution in [3.63, 3.8) is 0 Å². The largest absolute Gasteiger partial charge is 0.479 e. The predicted molar refractivity (Wildman–Crippen MR) is 112 cm³/mol. The average molecular weight is 501 g/mol. The topological polar surface area (TPSA) is 211 Å².